The van der Waals surface area contributed by atoms with Gasteiger partial charge in [0.05, 0.1) is 18.4 Å². The Labute approximate surface area is 185 Å². The van der Waals surface area contributed by atoms with Crippen LogP contribution in [0.4, 0.5) is 5.69 Å². The Kier molecular flexibility index (Phi) is 7.04. The number of esters is 1. The van der Waals surface area contributed by atoms with Crippen molar-refractivity contribution in [2.24, 2.45) is 0 Å². The van der Waals surface area contributed by atoms with Gasteiger partial charge >= 0.3 is 5.97 Å². The normalized spacial score (nSPS) is 10.5. The lowest BCUT2D eigenvalue weighted by Gasteiger charge is -2.14. The highest BCUT2D eigenvalue weighted by Crippen LogP contribution is 2.19. The van der Waals surface area contributed by atoms with Gasteiger partial charge in [-0.05, 0) is 51.0 Å². The van der Waals surface area contributed by atoms with E-state index in [1.54, 1.807) is 25.1 Å². The van der Waals surface area contributed by atoms with E-state index in [0.29, 0.717) is 11.4 Å². The van der Waals surface area contributed by atoms with Gasteiger partial charge in [0.25, 0.3) is 11.5 Å². The van der Waals surface area contributed by atoms with E-state index in [2.05, 4.69) is 10.4 Å². The van der Waals surface area contributed by atoms with Gasteiger partial charge in [-0.3, -0.25) is 9.59 Å². The molecular weight excluding hydrogens is 410 g/mol. The molecule has 0 aliphatic rings. The number of amides is 1. The van der Waals surface area contributed by atoms with Crippen molar-refractivity contribution in [2.45, 2.75) is 27.7 Å². The van der Waals surface area contributed by atoms with Crippen LogP contribution in [0.25, 0.3) is 5.69 Å². The van der Waals surface area contributed by atoms with Crippen LogP contribution in [0.3, 0.4) is 0 Å². The highest BCUT2D eigenvalue weighted by Gasteiger charge is 2.21. The Bertz CT molecular complexity index is 1220. The maximum Gasteiger partial charge on any atom is 0.362 e. The lowest BCUT2D eigenvalue weighted by Crippen LogP contribution is -2.27. The first kappa shape index (κ1) is 22.7. The molecule has 0 fully saturated rings. The molecule has 0 spiro atoms. The predicted octanol–water partition coefficient (Wildman–Crippen LogP) is 3.35. The summed E-state index contributed by atoms with van der Waals surface area (Å²) >= 11 is 0. The summed E-state index contributed by atoms with van der Waals surface area (Å²) in [5.74, 6) is -1.30. The molecule has 3 aromatic rings. The highest BCUT2D eigenvalue weighted by atomic mass is 16.5. The number of aryl methyl sites for hydroxylation is 3. The van der Waals surface area contributed by atoms with Crippen molar-refractivity contribution in [3.63, 3.8) is 0 Å². The van der Waals surface area contributed by atoms with Crippen molar-refractivity contribution in [3.8, 4) is 11.4 Å². The molecule has 32 heavy (non-hydrogen) atoms. The second-order valence-corrected chi connectivity index (χ2v) is 7.27. The molecule has 0 unspecified atom stereocenters. The number of benzene rings is 2. The van der Waals surface area contributed by atoms with Crippen LogP contribution in [-0.2, 0) is 9.53 Å². The first-order chi connectivity index (χ1) is 15.3. The lowest BCUT2D eigenvalue weighted by atomic mass is 10.1. The average Bonchev–Trinajstić information content (AvgIpc) is 2.75. The van der Waals surface area contributed by atoms with E-state index in [-0.39, 0.29) is 18.1 Å². The molecule has 1 amide bonds. The zero-order valence-corrected chi connectivity index (χ0v) is 18.5. The van der Waals surface area contributed by atoms with Gasteiger partial charge in [0.15, 0.2) is 12.4 Å². The molecule has 1 heterocycles. The zero-order chi connectivity index (χ0) is 23.3. The van der Waals surface area contributed by atoms with Crippen molar-refractivity contribution in [1.29, 1.82) is 0 Å². The van der Waals surface area contributed by atoms with Gasteiger partial charge < -0.3 is 14.8 Å². The van der Waals surface area contributed by atoms with Gasteiger partial charge in [-0.2, -0.15) is 9.78 Å². The molecule has 8 heteroatoms. The first-order valence-corrected chi connectivity index (χ1v) is 10.2. The summed E-state index contributed by atoms with van der Waals surface area (Å²) in [6.45, 7) is 7.05. The van der Waals surface area contributed by atoms with E-state index in [1.807, 2.05) is 45.0 Å². The van der Waals surface area contributed by atoms with Crippen molar-refractivity contribution < 1.29 is 19.1 Å². The Morgan fingerprint density at radius 3 is 2.47 bits per heavy atom. The maximum atomic E-state index is 12.7. The smallest absolute Gasteiger partial charge is 0.362 e. The Hall–Kier alpha value is -3.94. The number of hydrogen-bond acceptors (Lipinski definition) is 6. The molecule has 166 valence electrons. The number of aromatic nitrogens is 2. The third kappa shape index (κ3) is 5.21. The number of para-hydroxylation sites is 1. The van der Waals surface area contributed by atoms with E-state index >= 15 is 0 Å². The van der Waals surface area contributed by atoms with Gasteiger partial charge in [0.1, 0.15) is 0 Å². The van der Waals surface area contributed by atoms with Crippen LogP contribution in [0.15, 0.2) is 53.3 Å². The molecule has 0 saturated carbocycles. The summed E-state index contributed by atoms with van der Waals surface area (Å²) in [5, 5.41) is 6.94. The number of rotatable bonds is 7. The Morgan fingerprint density at radius 2 is 1.78 bits per heavy atom. The van der Waals surface area contributed by atoms with Crippen LogP contribution in [0, 0.1) is 20.8 Å². The van der Waals surface area contributed by atoms with Crippen molar-refractivity contribution >= 4 is 17.6 Å². The summed E-state index contributed by atoms with van der Waals surface area (Å²) in [6, 6.07) is 13.9. The second-order valence-electron chi connectivity index (χ2n) is 7.27. The Morgan fingerprint density at radius 1 is 1.03 bits per heavy atom. The van der Waals surface area contributed by atoms with Gasteiger partial charge in [-0.25, -0.2) is 4.79 Å². The summed E-state index contributed by atoms with van der Waals surface area (Å²) in [5.41, 5.74) is 3.29. The van der Waals surface area contributed by atoms with Crippen LogP contribution >= 0.6 is 0 Å². The molecule has 3 rings (SSSR count). The average molecular weight is 435 g/mol. The fourth-order valence-electron chi connectivity index (χ4n) is 3.15. The molecule has 1 aromatic heterocycles. The number of carbonyl (C=O) groups excluding carboxylic acids is 2. The number of anilines is 1. The molecule has 1 N–H and O–H groups in total. The zero-order valence-electron chi connectivity index (χ0n) is 18.5. The van der Waals surface area contributed by atoms with Crippen LogP contribution < -0.4 is 15.6 Å². The van der Waals surface area contributed by atoms with Crippen LogP contribution in [0.1, 0.15) is 34.1 Å². The van der Waals surface area contributed by atoms with Crippen molar-refractivity contribution in [2.75, 3.05) is 18.5 Å². The molecule has 0 saturated heterocycles. The first-order valence-electron chi connectivity index (χ1n) is 10.2. The van der Waals surface area contributed by atoms with Gasteiger partial charge in [-0.15, -0.1) is 0 Å². The van der Waals surface area contributed by atoms with Crippen LogP contribution in [-0.4, -0.2) is 34.9 Å². The molecule has 0 bridgehead atoms. The van der Waals surface area contributed by atoms with Gasteiger partial charge in [0, 0.05) is 5.69 Å². The molecule has 2 aromatic carbocycles. The Balaban J connectivity index is 1.87. The third-order valence-corrected chi connectivity index (χ3v) is 4.72. The molecule has 8 nitrogen and oxygen atoms in total. The van der Waals surface area contributed by atoms with E-state index in [4.69, 9.17) is 9.47 Å². The number of nitrogens with one attached hydrogen (secondary N) is 1. The summed E-state index contributed by atoms with van der Waals surface area (Å²) in [6.07, 6.45) is 0. The number of ether oxygens (including phenoxy) is 2. The predicted molar refractivity (Wildman–Crippen MR) is 121 cm³/mol. The summed E-state index contributed by atoms with van der Waals surface area (Å²) in [7, 11) is 0. The topological polar surface area (TPSA) is 99.5 Å². The van der Waals surface area contributed by atoms with Crippen LogP contribution in [0.2, 0.25) is 0 Å². The maximum absolute atomic E-state index is 12.7. The minimum absolute atomic E-state index is 0.117. The van der Waals surface area contributed by atoms with E-state index in [1.165, 1.54) is 0 Å². The van der Waals surface area contributed by atoms with Gasteiger partial charge in [0.2, 0.25) is 5.69 Å². The third-order valence-electron chi connectivity index (χ3n) is 4.72. The summed E-state index contributed by atoms with van der Waals surface area (Å²) < 4.78 is 11.7. The highest BCUT2D eigenvalue weighted by molar-refractivity contribution is 5.93. The van der Waals surface area contributed by atoms with Gasteiger partial charge in [-0.1, -0.05) is 35.9 Å². The van der Waals surface area contributed by atoms with E-state index < -0.39 is 24.0 Å². The van der Waals surface area contributed by atoms with E-state index in [0.717, 1.165) is 27.4 Å². The second kappa shape index (κ2) is 9.91. The monoisotopic (exact) mass is 435 g/mol. The standard InChI is InChI=1S/C24H25N3O5/c1-5-31-24(30)23-20(13-22(29)27(26-23)19-9-7-6-8-16(19)3)32-14-21(28)25-18-11-10-15(2)12-17(18)4/h6-13H,5,14H2,1-4H3,(H,25,28). The largest absolute Gasteiger partial charge is 0.481 e. The quantitative estimate of drug-likeness (QED) is 0.572. The fraction of sp³-hybridized carbons (Fsp3) is 0.250. The molecular formula is C24H25N3O5. The van der Waals surface area contributed by atoms with Crippen molar-refractivity contribution in [3.05, 3.63) is 81.3 Å². The molecule has 0 aliphatic heterocycles. The molecule has 0 aliphatic carbocycles. The van der Waals surface area contributed by atoms with Crippen LogP contribution in [0.5, 0.6) is 5.75 Å². The fourth-order valence-corrected chi connectivity index (χ4v) is 3.15. The van der Waals surface area contributed by atoms with E-state index in [9.17, 15) is 14.4 Å². The number of nitrogens with zero attached hydrogens (tertiary/aromatic N) is 2. The SMILES string of the molecule is CCOC(=O)c1nn(-c2ccccc2C)c(=O)cc1OCC(=O)Nc1ccc(C)cc1C. The molecule has 0 atom stereocenters. The molecule has 0 radical (unpaired) electrons. The minimum atomic E-state index is -0.750. The summed E-state index contributed by atoms with van der Waals surface area (Å²) in [4.78, 5) is 37.6. The number of hydrogen-bond donors (Lipinski definition) is 1. The number of carbonyl (C=O) groups is 2. The van der Waals surface area contributed by atoms with Crippen molar-refractivity contribution in [1.82, 2.24) is 9.78 Å². The lowest BCUT2D eigenvalue weighted by molar-refractivity contribution is -0.118. The minimum Gasteiger partial charge on any atom is -0.481 e.